The minimum Gasteiger partial charge on any atom is -0.507 e. The number of amides is 1. The fraction of sp³-hybridized carbons (Fsp3) is 0.464. The topological polar surface area (TPSA) is 212 Å². The Hall–Kier alpha value is -3.75. The molecular weight excluding hydrogens is 542 g/mol. The number of aliphatic hydroxyl groups excluding tert-OH is 2. The maximum Gasteiger partial charge on any atom is 0.207 e. The van der Waals surface area contributed by atoms with Crippen LogP contribution in [-0.4, -0.2) is 92.0 Å². The van der Waals surface area contributed by atoms with Gasteiger partial charge in [-0.1, -0.05) is 0 Å². The second kappa shape index (κ2) is 10.3. The molecule has 1 amide bonds. The number of hydrogen-bond acceptors (Lipinski definition) is 12. The van der Waals surface area contributed by atoms with Crippen LogP contribution >= 0.6 is 0 Å². The molecule has 0 saturated carbocycles. The summed E-state index contributed by atoms with van der Waals surface area (Å²) < 4.78 is 17.1. The van der Waals surface area contributed by atoms with E-state index in [-0.39, 0.29) is 35.3 Å². The van der Waals surface area contributed by atoms with Crippen molar-refractivity contribution in [2.75, 3.05) is 7.11 Å². The molecule has 41 heavy (non-hydrogen) atoms. The lowest BCUT2D eigenvalue weighted by Gasteiger charge is -2.44. The summed E-state index contributed by atoms with van der Waals surface area (Å²) in [5.74, 6) is -3.83. The molecule has 3 aliphatic rings. The number of carbonyl (C=O) groups is 3. The third-order valence-corrected chi connectivity index (χ3v) is 8.29. The van der Waals surface area contributed by atoms with Gasteiger partial charge in [0.25, 0.3) is 0 Å². The molecule has 0 radical (unpaired) electrons. The Labute approximate surface area is 233 Å². The van der Waals surface area contributed by atoms with Crippen molar-refractivity contribution in [2.24, 2.45) is 0 Å². The zero-order valence-corrected chi connectivity index (χ0v) is 22.5. The molecule has 1 aliphatic heterocycles. The smallest absolute Gasteiger partial charge is 0.207 e. The molecule has 1 fully saturated rings. The molecule has 2 aliphatic carbocycles. The molecule has 7 atom stereocenters. The third kappa shape index (κ3) is 4.41. The number of rotatable bonds is 6. The second-order valence-electron chi connectivity index (χ2n) is 10.7. The second-order valence-corrected chi connectivity index (χ2v) is 10.7. The molecule has 13 heteroatoms. The fourth-order valence-corrected chi connectivity index (χ4v) is 6.02. The Morgan fingerprint density at radius 3 is 2.39 bits per heavy atom. The van der Waals surface area contributed by atoms with Gasteiger partial charge < -0.3 is 50.2 Å². The normalized spacial score (nSPS) is 29.7. The van der Waals surface area contributed by atoms with E-state index in [1.807, 2.05) is 0 Å². The maximum absolute atomic E-state index is 13.7. The van der Waals surface area contributed by atoms with Crippen LogP contribution in [0.25, 0.3) is 0 Å². The summed E-state index contributed by atoms with van der Waals surface area (Å²) >= 11 is 0. The fourth-order valence-electron chi connectivity index (χ4n) is 6.02. The molecular formula is C28H31NO12. The lowest BCUT2D eigenvalue weighted by atomic mass is 9.71. The van der Waals surface area contributed by atoms with Crippen LogP contribution in [0.15, 0.2) is 12.1 Å². The number of aliphatic hydroxyl groups is 3. The van der Waals surface area contributed by atoms with Crippen molar-refractivity contribution in [2.45, 2.75) is 75.5 Å². The quantitative estimate of drug-likeness (QED) is 0.157. The number of phenolic OH excluding ortho intramolecular Hbond substituents is 3. The molecule has 0 bridgehead atoms. The van der Waals surface area contributed by atoms with Crippen LogP contribution in [-0.2, 0) is 20.7 Å². The first-order valence-corrected chi connectivity index (χ1v) is 13.0. The molecule has 220 valence electrons. The van der Waals surface area contributed by atoms with Crippen LogP contribution in [0.3, 0.4) is 0 Å². The SMILES string of the molecule is COc1ccc(O)c2c1C(=O)c1c(O)c3c(c(O)c1C2=O)CC(O)(C(C)O)CC3OC1CC(NC=O)C(O)C(C)O1. The van der Waals surface area contributed by atoms with E-state index < -0.39 is 94.3 Å². The highest BCUT2D eigenvalue weighted by molar-refractivity contribution is 6.32. The predicted octanol–water partition coefficient (Wildman–Crippen LogP) is 0.314. The first kappa shape index (κ1) is 28.8. The van der Waals surface area contributed by atoms with E-state index in [0.717, 1.165) is 6.07 Å². The maximum atomic E-state index is 13.7. The van der Waals surface area contributed by atoms with Crippen LogP contribution in [0.4, 0.5) is 0 Å². The van der Waals surface area contributed by atoms with Crippen molar-refractivity contribution in [1.29, 1.82) is 0 Å². The highest BCUT2D eigenvalue weighted by Gasteiger charge is 2.49. The summed E-state index contributed by atoms with van der Waals surface area (Å²) in [5, 5.41) is 68.1. The number of fused-ring (bicyclic) bond motifs is 3. The van der Waals surface area contributed by atoms with E-state index in [9.17, 15) is 45.0 Å². The van der Waals surface area contributed by atoms with Crippen LogP contribution < -0.4 is 10.1 Å². The molecule has 7 unspecified atom stereocenters. The van der Waals surface area contributed by atoms with E-state index in [1.165, 1.54) is 20.1 Å². The summed E-state index contributed by atoms with van der Waals surface area (Å²) in [7, 11) is 1.26. The van der Waals surface area contributed by atoms with Crippen LogP contribution in [0, 0.1) is 0 Å². The Bertz CT molecular complexity index is 1440. The van der Waals surface area contributed by atoms with Crippen molar-refractivity contribution in [3.05, 3.63) is 45.5 Å². The van der Waals surface area contributed by atoms with Crippen LogP contribution in [0.1, 0.15) is 75.8 Å². The van der Waals surface area contributed by atoms with Crippen molar-refractivity contribution in [1.82, 2.24) is 5.32 Å². The number of ketones is 2. The Morgan fingerprint density at radius 2 is 1.76 bits per heavy atom. The van der Waals surface area contributed by atoms with Crippen molar-refractivity contribution >= 4 is 18.0 Å². The lowest BCUT2D eigenvalue weighted by Crippen LogP contribution is -2.54. The minimum atomic E-state index is -1.90. The average Bonchev–Trinajstić information content (AvgIpc) is 2.91. The summed E-state index contributed by atoms with van der Waals surface area (Å²) in [5.41, 5.74) is -3.96. The van der Waals surface area contributed by atoms with Gasteiger partial charge in [-0.25, -0.2) is 0 Å². The van der Waals surface area contributed by atoms with Crippen LogP contribution in [0.5, 0.6) is 23.0 Å². The zero-order chi connectivity index (χ0) is 30.0. The van der Waals surface area contributed by atoms with E-state index in [2.05, 4.69) is 5.32 Å². The van der Waals surface area contributed by atoms with E-state index in [1.54, 1.807) is 6.92 Å². The number of nitrogens with one attached hydrogen (secondary N) is 1. The number of hydrogen-bond donors (Lipinski definition) is 7. The van der Waals surface area contributed by atoms with Gasteiger partial charge in [-0.05, 0) is 26.0 Å². The molecule has 2 aromatic carbocycles. The highest BCUT2D eigenvalue weighted by Crippen LogP contribution is 2.53. The largest absolute Gasteiger partial charge is 0.507 e. The van der Waals surface area contributed by atoms with Gasteiger partial charge in [-0.15, -0.1) is 0 Å². The van der Waals surface area contributed by atoms with Crippen molar-refractivity contribution in [3.63, 3.8) is 0 Å². The number of methoxy groups -OCH3 is 1. The number of aromatic hydroxyl groups is 3. The molecule has 2 aromatic rings. The van der Waals surface area contributed by atoms with Gasteiger partial charge in [0.1, 0.15) is 29.1 Å². The molecule has 1 heterocycles. The Balaban J connectivity index is 1.67. The van der Waals surface area contributed by atoms with E-state index >= 15 is 0 Å². The average molecular weight is 574 g/mol. The minimum absolute atomic E-state index is 0.0257. The summed E-state index contributed by atoms with van der Waals surface area (Å²) in [4.78, 5) is 38.4. The molecule has 7 N–H and O–H groups in total. The number of phenols is 3. The van der Waals surface area contributed by atoms with Crippen molar-refractivity contribution in [3.8, 4) is 23.0 Å². The third-order valence-electron chi connectivity index (χ3n) is 8.29. The van der Waals surface area contributed by atoms with Crippen LogP contribution in [0.2, 0.25) is 0 Å². The van der Waals surface area contributed by atoms with Crippen molar-refractivity contribution < 1.29 is 59.2 Å². The number of carbonyl (C=O) groups excluding carboxylic acids is 3. The standard InChI is InChI=1S/C28H31NO12/c1-10-23(33)13(29-9-30)6-17(40-10)41-16-8-28(38,11(2)31)7-12-18(16)25(35)22-21(24(12)34)26(36)19-14(32)4-5-15(39-3)20(19)27(22)37/h4-5,9-11,13,16-17,23,31-35,38H,6-8H2,1-3H3,(H,29,30). The molecule has 0 spiro atoms. The highest BCUT2D eigenvalue weighted by atomic mass is 16.7. The van der Waals surface area contributed by atoms with Gasteiger partial charge in [0, 0.05) is 30.4 Å². The Kier molecular flexibility index (Phi) is 7.20. The van der Waals surface area contributed by atoms with Gasteiger partial charge >= 0.3 is 0 Å². The molecule has 0 aromatic heterocycles. The molecule has 13 nitrogen and oxygen atoms in total. The first-order valence-electron chi connectivity index (χ1n) is 13.0. The van der Waals surface area contributed by atoms with Gasteiger partial charge in [0.2, 0.25) is 18.0 Å². The monoisotopic (exact) mass is 573 g/mol. The lowest BCUT2D eigenvalue weighted by molar-refractivity contribution is -0.252. The number of ether oxygens (including phenoxy) is 3. The Morgan fingerprint density at radius 1 is 1.10 bits per heavy atom. The predicted molar refractivity (Wildman–Crippen MR) is 138 cm³/mol. The zero-order valence-electron chi connectivity index (χ0n) is 22.5. The van der Waals surface area contributed by atoms with Gasteiger partial charge in [-0.2, -0.15) is 0 Å². The summed E-state index contributed by atoms with van der Waals surface area (Å²) in [6, 6.07) is 1.70. The number of benzene rings is 2. The summed E-state index contributed by atoms with van der Waals surface area (Å²) in [6.07, 6.45) is -5.89. The summed E-state index contributed by atoms with van der Waals surface area (Å²) in [6.45, 7) is 2.89. The van der Waals surface area contributed by atoms with Gasteiger partial charge in [0.15, 0.2) is 6.29 Å². The molecule has 1 saturated heterocycles. The first-order chi connectivity index (χ1) is 19.3. The molecule has 5 rings (SSSR count). The van der Waals surface area contributed by atoms with E-state index in [4.69, 9.17) is 14.2 Å². The van der Waals surface area contributed by atoms with E-state index in [0.29, 0.717) is 6.41 Å². The van der Waals surface area contributed by atoms with Gasteiger partial charge in [-0.3, -0.25) is 14.4 Å². The van der Waals surface area contributed by atoms with Gasteiger partial charge in [0.05, 0.1) is 59.3 Å².